The second-order valence-corrected chi connectivity index (χ2v) is 7.71. The number of piperidine rings is 1. The van der Waals surface area contributed by atoms with Gasteiger partial charge in [-0.25, -0.2) is 4.98 Å². The third-order valence-electron chi connectivity index (χ3n) is 5.52. The molecule has 0 aliphatic carbocycles. The zero-order chi connectivity index (χ0) is 20.2. The van der Waals surface area contributed by atoms with Crippen LogP contribution in [0.1, 0.15) is 25.3 Å². The van der Waals surface area contributed by atoms with Crippen LogP contribution in [0.25, 0.3) is 0 Å². The predicted molar refractivity (Wildman–Crippen MR) is 111 cm³/mol. The molecule has 3 heterocycles. The van der Waals surface area contributed by atoms with Crippen LogP contribution >= 0.6 is 0 Å². The van der Waals surface area contributed by atoms with Crippen LogP contribution in [0, 0.1) is 5.92 Å². The number of aromatic nitrogens is 1. The maximum Gasteiger partial charge on any atom is 0.265 e. The third-order valence-corrected chi connectivity index (χ3v) is 5.52. The van der Waals surface area contributed by atoms with Gasteiger partial charge in [-0.3, -0.25) is 14.5 Å². The van der Waals surface area contributed by atoms with Gasteiger partial charge in [0, 0.05) is 25.8 Å². The van der Waals surface area contributed by atoms with Gasteiger partial charge < -0.3 is 15.0 Å². The molecular formula is C22H26N4O3. The number of carbonyl (C=O) groups is 2. The first-order valence-electron chi connectivity index (χ1n) is 10.1. The summed E-state index contributed by atoms with van der Waals surface area (Å²) in [6.07, 6.45) is 4.20. The standard InChI is InChI=1S/C22H26N4O3/c1-16-8-10-25(11-9-16)20-7-6-17(12-23-20)13-24-21(27)14-26-18-4-2-3-5-19(18)29-15-22(26)28/h2-7,12,16H,8-11,13-15H2,1H3,(H,24,27). The topological polar surface area (TPSA) is 74.8 Å². The second-order valence-electron chi connectivity index (χ2n) is 7.71. The van der Waals surface area contributed by atoms with Crippen LogP contribution in [-0.4, -0.2) is 43.0 Å². The van der Waals surface area contributed by atoms with Crippen molar-refractivity contribution < 1.29 is 14.3 Å². The number of hydrogen-bond acceptors (Lipinski definition) is 5. The Kier molecular flexibility index (Phi) is 5.64. The number of anilines is 2. The van der Waals surface area contributed by atoms with Crippen molar-refractivity contribution in [2.24, 2.45) is 5.92 Å². The lowest BCUT2D eigenvalue weighted by molar-refractivity contribution is -0.125. The fourth-order valence-corrected chi connectivity index (χ4v) is 3.67. The first-order valence-corrected chi connectivity index (χ1v) is 10.1. The summed E-state index contributed by atoms with van der Waals surface area (Å²) in [6.45, 7) is 4.67. The smallest absolute Gasteiger partial charge is 0.265 e. The molecular weight excluding hydrogens is 368 g/mol. The Labute approximate surface area is 170 Å². The van der Waals surface area contributed by atoms with Gasteiger partial charge in [0.05, 0.1) is 5.69 Å². The average Bonchev–Trinajstić information content (AvgIpc) is 2.75. The van der Waals surface area contributed by atoms with Crippen molar-refractivity contribution in [3.63, 3.8) is 0 Å². The Morgan fingerprint density at radius 1 is 1.21 bits per heavy atom. The Hall–Kier alpha value is -3.09. The summed E-state index contributed by atoms with van der Waals surface area (Å²) in [5, 5.41) is 2.88. The van der Waals surface area contributed by atoms with Crippen molar-refractivity contribution in [3.8, 4) is 5.75 Å². The number of para-hydroxylation sites is 2. The molecule has 1 fully saturated rings. The van der Waals surface area contributed by atoms with E-state index in [1.54, 1.807) is 12.1 Å². The highest BCUT2D eigenvalue weighted by Crippen LogP contribution is 2.31. The third kappa shape index (κ3) is 4.50. The Morgan fingerprint density at radius 3 is 2.76 bits per heavy atom. The van der Waals surface area contributed by atoms with Crippen LogP contribution in [0.2, 0.25) is 0 Å². The van der Waals surface area contributed by atoms with Gasteiger partial charge in [0.1, 0.15) is 18.1 Å². The van der Waals surface area contributed by atoms with E-state index in [2.05, 4.69) is 22.1 Å². The minimum absolute atomic E-state index is 0.0311. The van der Waals surface area contributed by atoms with Crippen LogP contribution in [-0.2, 0) is 16.1 Å². The number of nitrogens with one attached hydrogen (secondary N) is 1. The lowest BCUT2D eigenvalue weighted by atomic mass is 9.99. The molecule has 7 nitrogen and oxygen atoms in total. The highest BCUT2D eigenvalue weighted by molar-refractivity contribution is 6.02. The highest BCUT2D eigenvalue weighted by atomic mass is 16.5. The molecule has 0 spiro atoms. The van der Waals surface area contributed by atoms with Crippen LogP contribution in [0.5, 0.6) is 5.75 Å². The number of nitrogens with zero attached hydrogens (tertiary/aromatic N) is 3. The van der Waals surface area contributed by atoms with Crippen molar-refractivity contribution >= 4 is 23.3 Å². The van der Waals surface area contributed by atoms with Crippen LogP contribution < -0.4 is 19.9 Å². The minimum atomic E-state index is -0.222. The maximum absolute atomic E-state index is 12.4. The molecule has 7 heteroatoms. The maximum atomic E-state index is 12.4. The summed E-state index contributed by atoms with van der Waals surface area (Å²) in [4.78, 5) is 32.9. The molecule has 0 radical (unpaired) electrons. The zero-order valence-electron chi connectivity index (χ0n) is 16.6. The molecule has 4 rings (SSSR count). The normalized spacial score (nSPS) is 16.9. The van der Waals surface area contributed by atoms with Gasteiger partial charge >= 0.3 is 0 Å². The van der Waals surface area contributed by atoms with E-state index >= 15 is 0 Å². The summed E-state index contributed by atoms with van der Waals surface area (Å²) in [6, 6.07) is 11.2. The minimum Gasteiger partial charge on any atom is -0.482 e. The van der Waals surface area contributed by atoms with Crippen molar-refractivity contribution in [2.45, 2.75) is 26.3 Å². The molecule has 2 aromatic rings. The Balaban J connectivity index is 1.31. The van der Waals surface area contributed by atoms with E-state index in [9.17, 15) is 9.59 Å². The number of rotatable bonds is 5. The fraction of sp³-hybridized carbons (Fsp3) is 0.409. The van der Waals surface area contributed by atoms with Crippen molar-refractivity contribution in [1.29, 1.82) is 0 Å². The van der Waals surface area contributed by atoms with Gasteiger partial charge in [0.15, 0.2) is 6.61 Å². The van der Waals surface area contributed by atoms with Crippen molar-refractivity contribution in [3.05, 3.63) is 48.2 Å². The summed E-state index contributed by atoms with van der Waals surface area (Å²) < 4.78 is 5.41. The molecule has 152 valence electrons. The number of pyridine rings is 1. The Bertz CT molecular complexity index is 876. The second kappa shape index (κ2) is 8.51. The monoisotopic (exact) mass is 394 g/mol. The Morgan fingerprint density at radius 2 is 2.00 bits per heavy atom. The zero-order valence-corrected chi connectivity index (χ0v) is 16.6. The molecule has 0 bridgehead atoms. The van der Waals surface area contributed by atoms with Crippen LogP contribution in [0.15, 0.2) is 42.6 Å². The van der Waals surface area contributed by atoms with E-state index in [0.29, 0.717) is 18.0 Å². The molecule has 2 aliphatic heterocycles. The summed E-state index contributed by atoms with van der Waals surface area (Å²) in [5.41, 5.74) is 1.56. The molecule has 1 aromatic carbocycles. The number of carbonyl (C=O) groups excluding carboxylic acids is 2. The van der Waals surface area contributed by atoms with E-state index in [1.165, 1.54) is 17.7 Å². The first-order chi connectivity index (χ1) is 14.1. The number of ether oxygens (including phenoxy) is 1. The summed E-state index contributed by atoms with van der Waals surface area (Å²) in [7, 11) is 0. The summed E-state index contributed by atoms with van der Waals surface area (Å²) in [5.74, 6) is 1.95. The lowest BCUT2D eigenvalue weighted by Gasteiger charge is -2.31. The predicted octanol–water partition coefficient (Wildman–Crippen LogP) is 2.36. The van der Waals surface area contributed by atoms with Gasteiger partial charge in [-0.2, -0.15) is 0 Å². The lowest BCUT2D eigenvalue weighted by Crippen LogP contribution is -2.45. The average molecular weight is 394 g/mol. The van der Waals surface area contributed by atoms with E-state index in [1.807, 2.05) is 30.5 Å². The fourth-order valence-electron chi connectivity index (χ4n) is 3.67. The highest BCUT2D eigenvalue weighted by Gasteiger charge is 2.26. The molecule has 1 aromatic heterocycles. The largest absolute Gasteiger partial charge is 0.482 e. The summed E-state index contributed by atoms with van der Waals surface area (Å²) >= 11 is 0. The van der Waals surface area contributed by atoms with Gasteiger partial charge in [0.2, 0.25) is 5.91 Å². The molecule has 1 saturated heterocycles. The van der Waals surface area contributed by atoms with Crippen molar-refractivity contribution in [2.75, 3.05) is 36.0 Å². The van der Waals surface area contributed by atoms with E-state index in [4.69, 9.17) is 4.74 Å². The van der Waals surface area contributed by atoms with E-state index in [-0.39, 0.29) is 25.0 Å². The molecule has 29 heavy (non-hydrogen) atoms. The SMILES string of the molecule is CC1CCN(c2ccc(CNC(=O)CN3C(=O)COc4ccccc43)cn2)CC1. The van der Waals surface area contributed by atoms with Crippen LogP contribution in [0.4, 0.5) is 11.5 Å². The molecule has 2 aliphatic rings. The van der Waals surface area contributed by atoms with Gasteiger partial charge in [-0.1, -0.05) is 25.1 Å². The first kappa shape index (κ1) is 19.2. The van der Waals surface area contributed by atoms with E-state index in [0.717, 1.165) is 30.4 Å². The van der Waals surface area contributed by atoms with Gasteiger partial charge in [0.25, 0.3) is 5.91 Å². The number of fused-ring (bicyclic) bond motifs is 1. The number of benzene rings is 1. The number of amides is 2. The number of hydrogen-bond donors (Lipinski definition) is 1. The molecule has 0 unspecified atom stereocenters. The van der Waals surface area contributed by atoms with E-state index < -0.39 is 0 Å². The van der Waals surface area contributed by atoms with Crippen molar-refractivity contribution in [1.82, 2.24) is 10.3 Å². The molecule has 0 atom stereocenters. The van der Waals surface area contributed by atoms with Gasteiger partial charge in [-0.15, -0.1) is 0 Å². The molecule has 0 saturated carbocycles. The molecule has 2 amide bonds. The quantitative estimate of drug-likeness (QED) is 0.843. The van der Waals surface area contributed by atoms with Crippen LogP contribution in [0.3, 0.4) is 0 Å². The molecule has 1 N–H and O–H groups in total. The van der Waals surface area contributed by atoms with Gasteiger partial charge in [-0.05, 0) is 42.5 Å².